The second-order valence-electron chi connectivity index (χ2n) is 6.69. The predicted octanol–water partition coefficient (Wildman–Crippen LogP) is 4.55. The van der Waals surface area contributed by atoms with Gasteiger partial charge in [0.15, 0.2) is 0 Å². The van der Waals surface area contributed by atoms with E-state index in [0.29, 0.717) is 12.1 Å². The van der Waals surface area contributed by atoms with Crippen molar-refractivity contribution < 1.29 is 4.79 Å². The lowest BCUT2D eigenvalue weighted by Crippen LogP contribution is -2.12. The van der Waals surface area contributed by atoms with E-state index in [1.165, 1.54) is 0 Å². The number of nitrogens with zero attached hydrogens (tertiary/aromatic N) is 3. The van der Waals surface area contributed by atoms with Crippen molar-refractivity contribution >= 4 is 11.6 Å². The number of nitrogens with one attached hydrogen (secondary N) is 1. The van der Waals surface area contributed by atoms with E-state index >= 15 is 0 Å². The summed E-state index contributed by atoms with van der Waals surface area (Å²) in [5, 5.41) is 11.4. The fourth-order valence-corrected chi connectivity index (χ4v) is 2.99. The maximum absolute atomic E-state index is 12.3. The summed E-state index contributed by atoms with van der Waals surface area (Å²) >= 11 is 0. The third-order valence-electron chi connectivity index (χ3n) is 4.44. The minimum absolute atomic E-state index is 0.111. The Morgan fingerprint density at radius 3 is 2.50 bits per heavy atom. The standard InChI is InChI=1S/C23H20N4O/c1-17-6-5-9-20(14-17)23(28)24-21-12-10-18(11-13-21)15-27-16-22(25-26-27)19-7-3-2-4-8-19/h2-14,16H,15H2,1H3,(H,24,28). The van der Waals surface area contributed by atoms with Gasteiger partial charge in [-0.05, 0) is 36.8 Å². The molecule has 0 aliphatic rings. The SMILES string of the molecule is Cc1cccc(C(=O)Nc2ccc(Cn3cc(-c4ccccc4)nn3)cc2)c1. The molecule has 0 saturated carbocycles. The Balaban J connectivity index is 1.41. The summed E-state index contributed by atoms with van der Waals surface area (Å²) in [5.41, 5.74) is 5.45. The number of rotatable bonds is 5. The predicted molar refractivity (Wildman–Crippen MR) is 110 cm³/mol. The summed E-state index contributed by atoms with van der Waals surface area (Å²) < 4.78 is 1.81. The first-order chi connectivity index (χ1) is 13.7. The van der Waals surface area contributed by atoms with E-state index < -0.39 is 0 Å². The van der Waals surface area contributed by atoms with Crippen LogP contribution in [-0.2, 0) is 6.54 Å². The van der Waals surface area contributed by atoms with E-state index in [-0.39, 0.29) is 5.91 Å². The van der Waals surface area contributed by atoms with Crippen LogP contribution < -0.4 is 5.32 Å². The van der Waals surface area contributed by atoms with Gasteiger partial charge in [-0.1, -0.05) is 65.4 Å². The van der Waals surface area contributed by atoms with Crippen molar-refractivity contribution in [3.8, 4) is 11.3 Å². The van der Waals surface area contributed by atoms with Crippen LogP contribution in [-0.4, -0.2) is 20.9 Å². The first-order valence-electron chi connectivity index (χ1n) is 9.10. The Bertz CT molecular complexity index is 1090. The lowest BCUT2D eigenvalue weighted by atomic mass is 10.1. The molecule has 3 aromatic carbocycles. The maximum atomic E-state index is 12.3. The van der Waals surface area contributed by atoms with Crippen LogP contribution in [0.2, 0.25) is 0 Å². The molecule has 0 aliphatic heterocycles. The van der Waals surface area contributed by atoms with Crippen LogP contribution in [0.15, 0.2) is 85.1 Å². The van der Waals surface area contributed by atoms with E-state index in [4.69, 9.17) is 0 Å². The normalized spacial score (nSPS) is 10.6. The number of anilines is 1. The average molecular weight is 368 g/mol. The minimum atomic E-state index is -0.111. The topological polar surface area (TPSA) is 59.8 Å². The lowest BCUT2D eigenvalue weighted by molar-refractivity contribution is 0.102. The largest absolute Gasteiger partial charge is 0.322 e. The lowest BCUT2D eigenvalue weighted by Gasteiger charge is -2.07. The highest BCUT2D eigenvalue weighted by Crippen LogP contribution is 2.16. The molecule has 0 bridgehead atoms. The third kappa shape index (κ3) is 4.15. The number of carbonyl (C=O) groups excluding carboxylic acids is 1. The van der Waals surface area contributed by atoms with Crippen molar-refractivity contribution in [1.82, 2.24) is 15.0 Å². The zero-order valence-corrected chi connectivity index (χ0v) is 15.5. The summed E-state index contributed by atoms with van der Waals surface area (Å²) in [6, 6.07) is 25.3. The van der Waals surface area contributed by atoms with E-state index in [1.54, 1.807) is 0 Å². The summed E-state index contributed by atoms with van der Waals surface area (Å²) in [7, 11) is 0. The van der Waals surface area contributed by atoms with Gasteiger partial charge >= 0.3 is 0 Å². The number of hydrogen-bond donors (Lipinski definition) is 1. The molecule has 1 aromatic heterocycles. The molecule has 0 spiro atoms. The molecule has 5 nitrogen and oxygen atoms in total. The highest BCUT2D eigenvalue weighted by molar-refractivity contribution is 6.04. The van der Waals surface area contributed by atoms with Crippen molar-refractivity contribution in [2.45, 2.75) is 13.5 Å². The second-order valence-corrected chi connectivity index (χ2v) is 6.69. The maximum Gasteiger partial charge on any atom is 0.255 e. The Morgan fingerprint density at radius 2 is 1.75 bits per heavy atom. The highest BCUT2D eigenvalue weighted by Gasteiger charge is 2.07. The van der Waals surface area contributed by atoms with Crippen molar-refractivity contribution in [1.29, 1.82) is 0 Å². The number of aryl methyl sites for hydroxylation is 1. The van der Waals surface area contributed by atoms with Gasteiger partial charge in [-0.3, -0.25) is 4.79 Å². The molecule has 5 heteroatoms. The molecule has 4 rings (SSSR count). The molecule has 1 amide bonds. The molecule has 1 N–H and O–H groups in total. The first-order valence-corrected chi connectivity index (χ1v) is 9.10. The average Bonchev–Trinajstić information content (AvgIpc) is 3.19. The van der Waals surface area contributed by atoms with Crippen molar-refractivity contribution in [2.24, 2.45) is 0 Å². The number of aromatic nitrogens is 3. The third-order valence-corrected chi connectivity index (χ3v) is 4.44. The molecular weight excluding hydrogens is 348 g/mol. The van der Waals surface area contributed by atoms with Crippen LogP contribution in [0.3, 0.4) is 0 Å². The fraction of sp³-hybridized carbons (Fsp3) is 0.0870. The van der Waals surface area contributed by atoms with E-state index in [9.17, 15) is 4.79 Å². The van der Waals surface area contributed by atoms with Gasteiger partial charge in [-0.15, -0.1) is 5.10 Å². The molecule has 0 radical (unpaired) electrons. The quantitative estimate of drug-likeness (QED) is 0.562. The zero-order chi connectivity index (χ0) is 19.3. The molecule has 0 saturated heterocycles. The van der Waals surface area contributed by atoms with Crippen molar-refractivity contribution in [3.05, 3.63) is 102 Å². The number of amides is 1. The van der Waals surface area contributed by atoms with Gasteiger partial charge in [-0.2, -0.15) is 0 Å². The highest BCUT2D eigenvalue weighted by atomic mass is 16.1. The molecular formula is C23H20N4O. The van der Waals surface area contributed by atoms with Gasteiger partial charge in [0.25, 0.3) is 5.91 Å². The van der Waals surface area contributed by atoms with Crippen LogP contribution in [0, 0.1) is 6.92 Å². The molecule has 138 valence electrons. The summed E-state index contributed by atoms with van der Waals surface area (Å²) in [6.45, 7) is 2.59. The smallest absolute Gasteiger partial charge is 0.255 e. The van der Waals surface area contributed by atoms with E-state index in [1.807, 2.05) is 96.7 Å². The monoisotopic (exact) mass is 368 g/mol. The molecule has 0 aliphatic carbocycles. The van der Waals surface area contributed by atoms with E-state index in [0.717, 1.165) is 28.1 Å². The van der Waals surface area contributed by atoms with Crippen LogP contribution in [0.1, 0.15) is 21.5 Å². The summed E-state index contributed by atoms with van der Waals surface area (Å²) in [6.07, 6.45) is 1.93. The molecule has 28 heavy (non-hydrogen) atoms. The van der Waals surface area contributed by atoms with Crippen molar-refractivity contribution in [3.63, 3.8) is 0 Å². The Morgan fingerprint density at radius 1 is 0.964 bits per heavy atom. The number of hydrogen-bond acceptors (Lipinski definition) is 3. The molecule has 0 atom stereocenters. The first kappa shape index (κ1) is 17.7. The molecule has 0 fully saturated rings. The Labute approximate surface area is 163 Å². The number of carbonyl (C=O) groups is 1. The fourth-order valence-electron chi connectivity index (χ4n) is 2.99. The van der Waals surface area contributed by atoms with Crippen LogP contribution in [0.5, 0.6) is 0 Å². The molecule has 1 heterocycles. The Hall–Kier alpha value is -3.73. The summed E-state index contributed by atoms with van der Waals surface area (Å²) in [5.74, 6) is -0.111. The van der Waals surface area contributed by atoms with Crippen LogP contribution in [0.25, 0.3) is 11.3 Å². The van der Waals surface area contributed by atoms with E-state index in [2.05, 4.69) is 15.6 Å². The zero-order valence-electron chi connectivity index (χ0n) is 15.5. The van der Waals surface area contributed by atoms with Crippen LogP contribution in [0.4, 0.5) is 5.69 Å². The van der Waals surface area contributed by atoms with Gasteiger partial charge in [0.1, 0.15) is 5.69 Å². The van der Waals surface area contributed by atoms with Gasteiger partial charge in [0.2, 0.25) is 0 Å². The van der Waals surface area contributed by atoms with Crippen molar-refractivity contribution in [2.75, 3.05) is 5.32 Å². The summed E-state index contributed by atoms with van der Waals surface area (Å²) in [4.78, 5) is 12.3. The van der Waals surface area contributed by atoms with Gasteiger partial charge in [0.05, 0.1) is 12.7 Å². The van der Waals surface area contributed by atoms with Gasteiger partial charge in [-0.25, -0.2) is 4.68 Å². The molecule has 0 unspecified atom stereocenters. The Kier molecular flexibility index (Phi) is 4.97. The number of benzene rings is 3. The van der Waals surface area contributed by atoms with Gasteiger partial charge < -0.3 is 5.32 Å². The molecule has 4 aromatic rings. The second kappa shape index (κ2) is 7.88. The van der Waals surface area contributed by atoms with Gasteiger partial charge in [0, 0.05) is 16.8 Å². The minimum Gasteiger partial charge on any atom is -0.322 e. The van der Waals surface area contributed by atoms with Crippen LogP contribution >= 0.6 is 0 Å².